The van der Waals surface area contributed by atoms with Crippen LogP contribution in [-0.2, 0) is 0 Å². The number of methoxy groups -OCH3 is 1. The summed E-state index contributed by atoms with van der Waals surface area (Å²) >= 11 is 0. The van der Waals surface area contributed by atoms with E-state index in [1.165, 1.54) is 7.11 Å². The zero-order chi connectivity index (χ0) is 13.9. The van der Waals surface area contributed by atoms with E-state index in [-0.39, 0.29) is 11.8 Å². The normalized spacial score (nSPS) is 10.4. The Balaban J connectivity index is 1.88. The third kappa shape index (κ3) is 2.18. The Labute approximate surface area is 114 Å². The van der Waals surface area contributed by atoms with Gasteiger partial charge in [-0.2, -0.15) is 0 Å². The lowest BCUT2D eigenvalue weighted by molar-refractivity contribution is 0.102. The first-order chi connectivity index (χ1) is 9.78. The number of amides is 1. The number of imidazole rings is 1. The molecule has 6 nitrogen and oxygen atoms in total. The maximum absolute atomic E-state index is 12.2. The second-order valence-electron chi connectivity index (χ2n) is 4.12. The highest BCUT2D eigenvalue weighted by atomic mass is 16.5. The maximum Gasteiger partial charge on any atom is 0.263 e. The molecule has 0 unspecified atom stereocenters. The molecule has 0 radical (unpaired) electrons. The Hall–Kier alpha value is -2.89. The number of carbonyl (C=O) groups is 1. The third-order valence-corrected chi connectivity index (χ3v) is 2.83. The van der Waals surface area contributed by atoms with E-state index in [2.05, 4.69) is 20.3 Å². The third-order valence-electron chi connectivity index (χ3n) is 2.83. The zero-order valence-corrected chi connectivity index (χ0v) is 10.8. The molecule has 0 saturated heterocycles. The van der Waals surface area contributed by atoms with Crippen LogP contribution >= 0.6 is 0 Å². The van der Waals surface area contributed by atoms with E-state index in [0.29, 0.717) is 11.5 Å². The first-order valence-corrected chi connectivity index (χ1v) is 6.03. The van der Waals surface area contributed by atoms with Crippen LogP contribution in [0.1, 0.15) is 10.4 Å². The second kappa shape index (κ2) is 5.00. The number of anilines is 1. The van der Waals surface area contributed by atoms with Gasteiger partial charge in [-0.1, -0.05) is 12.1 Å². The number of ether oxygens (including phenoxy) is 1. The molecule has 20 heavy (non-hydrogen) atoms. The van der Waals surface area contributed by atoms with Gasteiger partial charge < -0.3 is 9.72 Å². The largest absolute Gasteiger partial charge is 0.480 e. The van der Waals surface area contributed by atoms with Crippen LogP contribution in [0.15, 0.2) is 42.6 Å². The fourth-order valence-corrected chi connectivity index (χ4v) is 1.91. The number of fused-ring (bicyclic) bond motifs is 1. The van der Waals surface area contributed by atoms with Crippen LogP contribution in [0.4, 0.5) is 5.95 Å². The van der Waals surface area contributed by atoms with Crippen molar-refractivity contribution in [2.45, 2.75) is 0 Å². The highest BCUT2D eigenvalue weighted by molar-refractivity contribution is 6.05. The molecule has 6 heteroatoms. The molecule has 0 spiro atoms. The Morgan fingerprint density at radius 1 is 1.25 bits per heavy atom. The van der Waals surface area contributed by atoms with Crippen molar-refractivity contribution in [1.29, 1.82) is 0 Å². The van der Waals surface area contributed by atoms with E-state index in [4.69, 9.17) is 4.74 Å². The standard InChI is InChI=1S/C14H12N4O2/c1-20-13-9(5-4-8-15-13)12(19)18-14-16-10-6-2-3-7-11(10)17-14/h2-8H,1H3,(H2,16,17,18,19). The van der Waals surface area contributed by atoms with Gasteiger partial charge in [0, 0.05) is 6.20 Å². The first-order valence-electron chi connectivity index (χ1n) is 6.03. The molecule has 3 aromatic rings. The summed E-state index contributed by atoms with van der Waals surface area (Å²) in [5, 5.41) is 2.70. The summed E-state index contributed by atoms with van der Waals surface area (Å²) in [6.07, 6.45) is 1.57. The Bertz CT molecular complexity index is 733. The molecule has 3 rings (SSSR count). The van der Waals surface area contributed by atoms with Crippen LogP contribution in [0.25, 0.3) is 11.0 Å². The predicted octanol–water partition coefficient (Wildman–Crippen LogP) is 2.22. The minimum Gasteiger partial charge on any atom is -0.480 e. The quantitative estimate of drug-likeness (QED) is 0.763. The van der Waals surface area contributed by atoms with E-state index < -0.39 is 0 Å². The van der Waals surface area contributed by atoms with E-state index in [0.717, 1.165) is 11.0 Å². The summed E-state index contributed by atoms with van der Waals surface area (Å²) in [6.45, 7) is 0. The SMILES string of the molecule is COc1ncccc1C(=O)Nc1nc2ccccc2[nH]1. The number of H-pyrrole nitrogens is 1. The smallest absolute Gasteiger partial charge is 0.263 e. The molecule has 0 bridgehead atoms. The van der Waals surface area contributed by atoms with Crippen molar-refractivity contribution in [2.75, 3.05) is 12.4 Å². The average molecular weight is 268 g/mol. The summed E-state index contributed by atoms with van der Waals surface area (Å²) in [7, 11) is 1.47. The molecule has 0 aliphatic heterocycles. The van der Waals surface area contributed by atoms with Crippen LogP contribution in [-0.4, -0.2) is 28.0 Å². The lowest BCUT2D eigenvalue weighted by Gasteiger charge is -2.05. The fourth-order valence-electron chi connectivity index (χ4n) is 1.91. The predicted molar refractivity (Wildman–Crippen MR) is 74.8 cm³/mol. The highest BCUT2D eigenvalue weighted by Gasteiger charge is 2.14. The van der Waals surface area contributed by atoms with Gasteiger partial charge in [0.1, 0.15) is 5.56 Å². The summed E-state index contributed by atoms with van der Waals surface area (Å²) in [5.41, 5.74) is 2.01. The molecule has 0 fully saturated rings. The number of aromatic nitrogens is 3. The minimum absolute atomic E-state index is 0.279. The van der Waals surface area contributed by atoms with Gasteiger partial charge in [0.25, 0.3) is 5.91 Å². The van der Waals surface area contributed by atoms with Gasteiger partial charge >= 0.3 is 0 Å². The molecule has 2 N–H and O–H groups in total. The van der Waals surface area contributed by atoms with Crippen molar-refractivity contribution >= 4 is 22.9 Å². The topological polar surface area (TPSA) is 79.9 Å². The van der Waals surface area contributed by atoms with Gasteiger partial charge in [-0.15, -0.1) is 0 Å². The summed E-state index contributed by atoms with van der Waals surface area (Å²) in [6, 6.07) is 10.9. The van der Waals surface area contributed by atoms with E-state index in [1.54, 1.807) is 18.3 Å². The van der Waals surface area contributed by atoms with Gasteiger partial charge in [-0.3, -0.25) is 10.1 Å². The highest BCUT2D eigenvalue weighted by Crippen LogP contribution is 2.17. The zero-order valence-electron chi connectivity index (χ0n) is 10.8. The van der Waals surface area contributed by atoms with Crippen LogP contribution < -0.4 is 10.1 Å². The van der Waals surface area contributed by atoms with Gasteiger partial charge in [0.15, 0.2) is 0 Å². The molecule has 0 atom stereocenters. The van der Waals surface area contributed by atoms with Crippen molar-refractivity contribution in [3.63, 3.8) is 0 Å². The fraction of sp³-hybridized carbons (Fsp3) is 0.0714. The number of rotatable bonds is 3. The molecule has 0 aliphatic carbocycles. The van der Waals surface area contributed by atoms with Crippen LogP contribution in [0.3, 0.4) is 0 Å². The van der Waals surface area contributed by atoms with Gasteiger partial charge in [0.2, 0.25) is 11.8 Å². The van der Waals surface area contributed by atoms with Crippen LogP contribution in [0.5, 0.6) is 5.88 Å². The Kier molecular flexibility index (Phi) is 3.04. The summed E-state index contributed by atoms with van der Waals surface area (Å²) in [4.78, 5) is 23.5. The number of hydrogen-bond acceptors (Lipinski definition) is 4. The summed E-state index contributed by atoms with van der Waals surface area (Å²) < 4.78 is 5.06. The number of aromatic amines is 1. The van der Waals surface area contributed by atoms with Gasteiger partial charge in [-0.25, -0.2) is 9.97 Å². The molecule has 0 saturated carbocycles. The van der Waals surface area contributed by atoms with Gasteiger partial charge in [0.05, 0.1) is 18.1 Å². The molecule has 0 aliphatic rings. The Morgan fingerprint density at radius 3 is 2.90 bits per heavy atom. The average Bonchev–Trinajstić information content (AvgIpc) is 2.89. The molecular weight excluding hydrogens is 256 g/mol. The monoisotopic (exact) mass is 268 g/mol. The summed E-state index contributed by atoms with van der Waals surface area (Å²) in [5.74, 6) is 0.345. The van der Waals surface area contributed by atoms with Crippen molar-refractivity contribution in [2.24, 2.45) is 0 Å². The number of hydrogen-bond donors (Lipinski definition) is 2. The number of benzene rings is 1. The van der Waals surface area contributed by atoms with Crippen molar-refractivity contribution in [1.82, 2.24) is 15.0 Å². The van der Waals surface area contributed by atoms with Crippen LogP contribution in [0, 0.1) is 0 Å². The second-order valence-corrected chi connectivity index (χ2v) is 4.12. The molecule has 2 aromatic heterocycles. The van der Waals surface area contributed by atoms with Gasteiger partial charge in [-0.05, 0) is 24.3 Å². The van der Waals surface area contributed by atoms with Crippen LogP contribution in [0.2, 0.25) is 0 Å². The number of nitrogens with zero attached hydrogens (tertiary/aromatic N) is 2. The van der Waals surface area contributed by atoms with Crippen molar-refractivity contribution in [3.05, 3.63) is 48.2 Å². The number of nitrogens with one attached hydrogen (secondary N) is 2. The molecule has 2 heterocycles. The maximum atomic E-state index is 12.2. The molecular formula is C14H12N4O2. The number of pyridine rings is 1. The Morgan fingerprint density at radius 2 is 2.10 bits per heavy atom. The lowest BCUT2D eigenvalue weighted by Crippen LogP contribution is -2.14. The van der Waals surface area contributed by atoms with E-state index in [9.17, 15) is 4.79 Å². The lowest BCUT2D eigenvalue weighted by atomic mass is 10.2. The molecule has 1 amide bonds. The minimum atomic E-state index is -0.325. The van der Waals surface area contributed by atoms with Crippen molar-refractivity contribution in [3.8, 4) is 5.88 Å². The van der Waals surface area contributed by atoms with E-state index in [1.807, 2.05) is 24.3 Å². The first kappa shape index (κ1) is 12.2. The molecule has 1 aromatic carbocycles. The van der Waals surface area contributed by atoms with Crippen molar-refractivity contribution < 1.29 is 9.53 Å². The number of para-hydroxylation sites is 2. The number of carbonyl (C=O) groups excluding carboxylic acids is 1. The molecule has 100 valence electrons. The van der Waals surface area contributed by atoms with E-state index >= 15 is 0 Å².